The van der Waals surface area contributed by atoms with Crippen LogP contribution in [0.3, 0.4) is 0 Å². The van der Waals surface area contributed by atoms with Gasteiger partial charge in [-0.1, -0.05) is 11.6 Å². The predicted molar refractivity (Wildman–Crippen MR) is 71.6 cm³/mol. The van der Waals surface area contributed by atoms with Crippen LogP contribution in [0.25, 0.3) is 0 Å². The Kier molecular flexibility index (Phi) is 3.71. The van der Waals surface area contributed by atoms with Gasteiger partial charge >= 0.3 is 0 Å². The Labute approximate surface area is 115 Å². The number of primary sulfonamides is 1. The van der Waals surface area contributed by atoms with Crippen LogP contribution in [0.4, 0.5) is 5.69 Å². The first-order chi connectivity index (χ1) is 8.76. The predicted octanol–water partition coefficient (Wildman–Crippen LogP) is 0.687. The maximum absolute atomic E-state index is 11.9. The van der Waals surface area contributed by atoms with Crippen molar-refractivity contribution >= 4 is 33.2 Å². The molecule has 0 radical (unpaired) electrons. The number of amides is 1. The maximum Gasteiger partial charge on any atom is 0.227 e. The fraction of sp³-hybridized carbons (Fsp3) is 0.364. The van der Waals surface area contributed by atoms with Crippen LogP contribution in [0.1, 0.15) is 6.42 Å². The largest absolute Gasteiger partial charge is 0.508 e. The molecule has 0 saturated carbocycles. The molecule has 1 aliphatic heterocycles. The zero-order valence-corrected chi connectivity index (χ0v) is 11.5. The van der Waals surface area contributed by atoms with Crippen LogP contribution >= 0.6 is 11.6 Å². The highest BCUT2D eigenvalue weighted by Crippen LogP contribution is 2.33. The van der Waals surface area contributed by atoms with Gasteiger partial charge in [0, 0.05) is 24.9 Å². The lowest BCUT2D eigenvalue weighted by atomic mass is 10.1. The normalized spacial score (nSPS) is 20.0. The number of phenolic OH excluding ortho intramolecular Hbond substituents is 1. The summed E-state index contributed by atoms with van der Waals surface area (Å²) in [6, 6.07) is 4.27. The average molecular weight is 305 g/mol. The Hall–Kier alpha value is -1.31. The van der Waals surface area contributed by atoms with E-state index in [1.807, 2.05) is 0 Å². The molecule has 3 N–H and O–H groups in total. The molecular formula is C11H13ClN2O4S. The third kappa shape index (κ3) is 3.37. The number of nitrogens with zero attached hydrogens (tertiary/aromatic N) is 1. The SMILES string of the molecule is NS(=O)(=O)CC1CC(=O)N(c2ccc(O)cc2Cl)C1. The number of sulfonamides is 1. The molecule has 1 unspecified atom stereocenters. The van der Waals surface area contributed by atoms with Gasteiger partial charge in [-0.25, -0.2) is 13.6 Å². The Morgan fingerprint density at radius 2 is 2.16 bits per heavy atom. The molecule has 6 nitrogen and oxygen atoms in total. The van der Waals surface area contributed by atoms with E-state index in [9.17, 15) is 18.3 Å². The van der Waals surface area contributed by atoms with E-state index in [1.165, 1.54) is 23.1 Å². The van der Waals surface area contributed by atoms with E-state index in [0.29, 0.717) is 5.69 Å². The lowest BCUT2D eigenvalue weighted by molar-refractivity contribution is -0.117. The van der Waals surface area contributed by atoms with Crippen LogP contribution in [-0.2, 0) is 14.8 Å². The van der Waals surface area contributed by atoms with Crippen molar-refractivity contribution in [3.05, 3.63) is 23.2 Å². The molecule has 0 aromatic heterocycles. The Morgan fingerprint density at radius 1 is 1.47 bits per heavy atom. The Morgan fingerprint density at radius 3 is 2.74 bits per heavy atom. The summed E-state index contributed by atoms with van der Waals surface area (Å²) in [4.78, 5) is 13.3. The molecular weight excluding hydrogens is 292 g/mol. The Balaban J connectivity index is 2.20. The molecule has 104 valence electrons. The van der Waals surface area contributed by atoms with E-state index in [4.69, 9.17) is 16.7 Å². The second-order valence-corrected chi connectivity index (χ2v) is 6.61. The van der Waals surface area contributed by atoms with E-state index >= 15 is 0 Å². The molecule has 1 aromatic carbocycles. The van der Waals surface area contributed by atoms with Gasteiger partial charge in [0.25, 0.3) is 0 Å². The number of benzene rings is 1. The summed E-state index contributed by atoms with van der Waals surface area (Å²) in [6.07, 6.45) is 0.119. The highest BCUT2D eigenvalue weighted by atomic mass is 35.5. The fourth-order valence-electron chi connectivity index (χ4n) is 2.17. The number of hydrogen-bond donors (Lipinski definition) is 2. The summed E-state index contributed by atoms with van der Waals surface area (Å²) in [5, 5.41) is 14.5. The van der Waals surface area contributed by atoms with Crippen LogP contribution in [-0.4, -0.2) is 31.7 Å². The van der Waals surface area contributed by atoms with Crippen molar-refractivity contribution in [2.75, 3.05) is 17.2 Å². The summed E-state index contributed by atoms with van der Waals surface area (Å²) < 4.78 is 22.1. The van der Waals surface area contributed by atoms with Crippen molar-refractivity contribution in [3.8, 4) is 5.75 Å². The summed E-state index contributed by atoms with van der Waals surface area (Å²) in [5.41, 5.74) is 0.460. The minimum Gasteiger partial charge on any atom is -0.508 e. The molecule has 1 amide bonds. The highest BCUT2D eigenvalue weighted by molar-refractivity contribution is 7.89. The van der Waals surface area contributed by atoms with Gasteiger partial charge in [-0.3, -0.25) is 4.79 Å². The molecule has 1 atom stereocenters. The van der Waals surface area contributed by atoms with Gasteiger partial charge < -0.3 is 10.0 Å². The molecule has 0 bridgehead atoms. The average Bonchev–Trinajstić information content (AvgIpc) is 2.56. The number of anilines is 1. The minimum absolute atomic E-state index is 0.00137. The van der Waals surface area contributed by atoms with Crippen LogP contribution in [0, 0.1) is 5.92 Å². The number of phenols is 1. The van der Waals surface area contributed by atoms with E-state index in [0.717, 1.165) is 0 Å². The van der Waals surface area contributed by atoms with Gasteiger partial charge in [0.2, 0.25) is 15.9 Å². The van der Waals surface area contributed by atoms with Crippen molar-refractivity contribution in [2.24, 2.45) is 11.1 Å². The number of carbonyl (C=O) groups is 1. The summed E-state index contributed by atoms with van der Waals surface area (Å²) in [5.74, 6) is -0.777. The van der Waals surface area contributed by atoms with Gasteiger partial charge in [-0.15, -0.1) is 0 Å². The number of carbonyl (C=O) groups excluding carboxylic acids is 1. The van der Waals surface area contributed by atoms with Crippen LogP contribution in [0.5, 0.6) is 5.75 Å². The summed E-state index contributed by atoms with van der Waals surface area (Å²) >= 11 is 5.96. The van der Waals surface area contributed by atoms with Gasteiger partial charge in [-0.05, 0) is 12.1 Å². The van der Waals surface area contributed by atoms with Crippen LogP contribution in [0.15, 0.2) is 18.2 Å². The number of aromatic hydroxyl groups is 1. The first-order valence-electron chi connectivity index (χ1n) is 5.55. The number of hydrogen-bond acceptors (Lipinski definition) is 4. The zero-order chi connectivity index (χ0) is 14.2. The Bertz CT molecular complexity index is 617. The molecule has 0 spiro atoms. The van der Waals surface area contributed by atoms with Crippen molar-refractivity contribution in [1.29, 1.82) is 0 Å². The van der Waals surface area contributed by atoms with Gasteiger partial charge in [0.1, 0.15) is 5.75 Å². The van der Waals surface area contributed by atoms with E-state index < -0.39 is 10.0 Å². The first-order valence-corrected chi connectivity index (χ1v) is 7.65. The molecule has 1 heterocycles. The number of halogens is 1. The van der Waals surface area contributed by atoms with Gasteiger partial charge in [0.05, 0.1) is 16.5 Å². The smallest absolute Gasteiger partial charge is 0.227 e. The quantitative estimate of drug-likeness (QED) is 0.857. The number of nitrogens with two attached hydrogens (primary N) is 1. The highest BCUT2D eigenvalue weighted by Gasteiger charge is 2.33. The monoisotopic (exact) mass is 304 g/mol. The topological polar surface area (TPSA) is 101 Å². The standard InChI is InChI=1S/C11H13ClN2O4S/c12-9-4-8(15)1-2-10(9)14-5-7(3-11(14)16)6-19(13,17)18/h1-2,4,7,15H,3,5-6H2,(H2,13,17,18). The molecule has 1 fully saturated rings. The molecule has 19 heavy (non-hydrogen) atoms. The van der Waals surface area contributed by atoms with Crippen molar-refractivity contribution in [1.82, 2.24) is 0 Å². The van der Waals surface area contributed by atoms with Crippen molar-refractivity contribution < 1.29 is 18.3 Å². The van der Waals surface area contributed by atoms with Gasteiger partial charge in [0.15, 0.2) is 0 Å². The summed E-state index contributed by atoms with van der Waals surface area (Å²) in [6.45, 7) is 0.250. The van der Waals surface area contributed by atoms with E-state index in [1.54, 1.807) is 0 Å². The third-order valence-corrected chi connectivity index (χ3v) is 4.13. The van der Waals surface area contributed by atoms with Crippen LogP contribution in [0.2, 0.25) is 5.02 Å². The molecule has 8 heteroatoms. The first kappa shape index (κ1) is 14.1. The van der Waals surface area contributed by atoms with E-state index in [2.05, 4.69) is 0 Å². The lowest BCUT2D eigenvalue weighted by Gasteiger charge is -2.18. The van der Waals surface area contributed by atoms with Gasteiger partial charge in [-0.2, -0.15) is 0 Å². The maximum atomic E-state index is 11.9. The molecule has 1 saturated heterocycles. The van der Waals surface area contributed by atoms with Crippen molar-refractivity contribution in [2.45, 2.75) is 6.42 Å². The second-order valence-electron chi connectivity index (χ2n) is 4.54. The lowest BCUT2D eigenvalue weighted by Crippen LogP contribution is -2.27. The minimum atomic E-state index is -3.61. The molecule has 2 rings (SSSR count). The third-order valence-electron chi connectivity index (χ3n) is 2.90. The van der Waals surface area contributed by atoms with E-state index in [-0.39, 0.29) is 41.3 Å². The molecule has 1 aliphatic rings. The summed E-state index contributed by atoms with van der Waals surface area (Å²) in [7, 11) is -3.61. The van der Waals surface area contributed by atoms with Crippen molar-refractivity contribution in [3.63, 3.8) is 0 Å². The van der Waals surface area contributed by atoms with Crippen LogP contribution < -0.4 is 10.0 Å². The molecule has 1 aromatic rings. The number of rotatable bonds is 3. The second kappa shape index (κ2) is 4.99. The fourth-order valence-corrected chi connectivity index (χ4v) is 3.33. The molecule has 0 aliphatic carbocycles. The zero-order valence-electron chi connectivity index (χ0n) is 9.91.